The van der Waals surface area contributed by atoms with Crippen molar-refractivity contribution in [2.45, 2.75) is 0 Å². The molecular formula is C14H12N2OS. The summed E-state index contributed by atoms with van der Waals surface area (Å²) < 4.78 is 7.92. The summed E-state index contributed by atoms with van der Waals surface area (Å²) in [4.78, 5) is 3.20. The van der Waals surface area contributed by atoms with Crippen molar-refractivity contribution < 1.29 is 4.74 Å². The van der Waals surface area contributed by atoms with E-state index in [0.29, 0.717) is 4.77 Å². The minimum Gasteiger partial charge on any atom is -0.497 e. The highest BCUT2D eigenvalue weighted by atomic mass is 32.1. The van der Waals surface area contributed by atoms with E-state index in [-0.39, 0.29) is 0 Å². The van der Waals surface area contributed by atoms with Gasteiger partial charge in [0, 0.05) is 11.8 Å². The van der Waals surface area contributed by atoms with E-state index in [2.05, 4.69) is 4.98 Å². The van der Waals surface area contributed by atoms with Crippen molar-refractivity contribution >= 4 is 23.3 Å². The van der Waals surface area contributed by atoms with Gasteiger partial charge in [-0.15, -0.1) is 0 Å². The normalized spacial score (nSPS) is 10.7. The van der Waals surface area contributed by atoms with Gasteiger partial charge in [-0.05, 0) is 36.5 Å². The van der Waals surface area contributed by atoms with Crippen LogP contribution in [0.1, 0.15) is 0 Å². The van der Waals surface area contributed by atoms with E-state index in [9.17, 15) is 0 Å². The Labute approximate surface area is 110 Å². The van der Waals surface area contributed by atoms with Crippen LogP contribution in [0.5, 0.6) is 5.75 Å². The second kappa shape index (κ2) is 4.31. The number of rotatable bonds is 2. The maximum atomic E-state index is 5.38. The first-order valence-electron chi connectivity index (χ1n) is 5.64. The Morgan fingerprint density at radius 2 is 1.89 bits per heavy atom. The first-order valence-corrected chi connectivity index (χ1v) is 6.04. The zero-order chi connectivity index (χ0) is 12.5. The van der Waals surface area contributed by atoms with Gasteiger partial charge < -0.3 is 9.72 Å². The standard InChI is InChI=1S/C14H12N2OS/c1-17-11-7-8-13-12(9-11)15-14(18)16(13)10-5-3-2-4-6-10/h2-9H,1H3,(H,15,18). The molecule has 2 aromatic carbocycles. The number of benzene rings is 2. The van der Waals surface area contributed by atoms with Crippen molar-refractivity contribution in [2.24, 2.45) is 0 Å². The van der Waals surface area contributed by atoms with Gasteiger partial charge in [-0.2, -0.15) is 0 Å². The Hall–Kier alpha value is -2.07. The predicted octanol–water partition coefficient (Wildman–Crippen LogP) is 3.70. The van der Waals surface area contributed by atoms with Crippen molar-refractivity contribution in [1.82, 2.24) is 9.55 Å². The van der Waals surface area contributed by atoms with Crippen molar-refractivity contribution in [3.8, 4) is 11.4 Å². The number of H-pyrrole nitrogens is 1. The van der Waals surface area contributed by atoms with Crippen molar-refractivity contribution in [3.05, 3.63) is 53.3 Å². The van der Waals surface area contributed by atoms with E-state index < -0.39 is 0 Å². The van der Waals surface area contributed by atoms with Gasteiger partial charge in [0.2, 0.25) is 0 Å². The lowest BCUT2D eigenvalue weighted by Gasteiger charge is -2.04. The number of fused-ring (bicyclic) bond motifs is 1. The Balaban J connectivity index is 2.30. The fourth-order valence-corrected chi connectivity index (χ4v) is 2.36. The van der Waals surface area contributed by atoms with Crippen LogP contribution in [0.2, 0.25) is 0 Å². The maximum absolute atomic E-state index is 5.38. The lowest BCUT2D eigenvalue weighted by Crippen LogP contribution is -1.93. The quantitative estimate of drug-likeness (QED) is 0.709. The van der Waals surface area contributed by atoms with E-state index in [1.807, 2.05) is 53.1 Å². The van der Waals surface area contributed by atoms with Gasteiger partial charge >= 0.3 is 0 Å². The highest BCUT2D eigenvalue weighted by Crippen LogP contribution is 2.23. The smallest absolute Gasteiger partial charge is 0.182 e. The average Bonchev–Trinajstić information content (AvgIpc) is 2.74. The zero-order valence-electron chi connectivity index (χ0n) is 9.88. The second-order valence-corrected chi connectivity index (χ2v) is 4.37. The van der Waals surface area contributed by atoms with E-state index in [1.165, 1.54) is 0 Å². The van der Waals surface area contributed by atoms with E-state index in [4.69, 9.17) is 17.0 Å². The Kier molecular flexibility index (Phi) is 2.64. The number of hydrogen-bond donors (Lipinski definition) is 1. The van der Waals surface area contributed by atoms with E-state index in [1.54, 1.807) is 7.11 Å². The average molecular weight is 256 g/mol. The molecule has 0 aliphatic rings. The molecule has 1 aromatic heterocycles. The van der Waals surface area contributed by atoms with E-state index >= 15 is 0 Å². The summed E-state index contributed by atoms with van der Waals surface area (Å²) in [6, 6.07) is 16.0. The lowest BCUT2D eigenvalue weighted by atomic mass is 10.2. The Bertz CT molecular complexity index is 743. The molecule has 0 saturated heterocycles. The monoisotopic (exact) mass is 256 g/mol. The zero-order valence-corrected chi connectivity index (χ0v) is 10.7. The number of nitrogens with zero attached hydrogens (tertiary/aromatic N) is 1. The molecule has 0 spiro atoms. The molecule has 90 valence electrons. The lowest BCUT2D eigenvalue weighted by molar-refractivity contribution is 0.415. The van der Waals surface area contributed by atoms with Gasteiger partial charge in [0.05, 0.1) is 18.1 Å². The third-order valence-electron chi connectivity index (χ3n) is 2.90. The number of aromatic amines is 1. The van der Waals surface area contributed by atoms with Crippen LogP contribution < -0.4 is 4.74 Å². The Morgan fingerprint density at radius 3 is 2.61 bits per heavy atom. The SMILES string of the molecule is COc1ccc2c(c1)[nH]c(=S)n2-c1ccccc1. The van der Waals surface area contributed by atoms with Crippen LogP contribution >= 0.6 is 12.2 Å². The van der Waals surface area contributed by atoms with Crippen LogP contribution in [0.3, 0.4) is 0 Å². The summed E-state index contributed by atoms with van der Waals surface area (Å²) in [5.41, 5.74) is 3.08. The molecular weight excluding hydrogens is 244 g/mol. The highest BCUT2D eigenvalue weighted by Gasteiger charge is 2.06. The largest absolute Gasteiger partial charge is 0.497 e. The fourth-order valence-electron chi connectivity index (χ4n) is 2.05. The fraction of sp³-hybridized carbons (Fsp3) is 0.0714. The maximum Gasteiger partial charge on any atom is 0.182 e. The molecule has 1 heterocycles. The molecule has 3 aromatic rings. The summed E-state index contributed by atoms with van der Waals surface area (Å²) in [5, 5.41) is 0. The van der Waals surface area contributed by atoms with Crippen LogP contribution in [-0.2, 0) is 0 Å². The number of para-hydroxylation sites is 1. The first-order chi connectivity index (χ1) is 8.79. The van der Waals surface area contributed by atoms with Crippen molar-refractivity contribution in [2.75, 3.05) is 7.11 Å². The molecule has 0 fully saturated rings. The summed E-state index contributed by atoms with van der Waals surface area (Å²) in [5.74, 6) is 0.818. The molecule has 3 rings (SSSR count). The number of nitrogens with one attached hydrogen (secondary N) is 1. The van der Waals surface area contributed by atoms with Gasteiger partial charge in [0.1, 0.15) is 5.75 Å². The highest BCUT2D eigenvalue weighted by molar-refractivity contribution is 7.71. The molecule has 4 heteroatoms. The molecule has 0 aliphatic heterocycles. The molecule has 0 amide bonds. The molecule has 18 heavy (non-hydrogen) atoms. The molecule has 0 aliphatic carbocycles. The second-order valence-electron chi connectivity index (χ2n) is 3.98. The van der Waals surface area contributed by atoms with Crippen molar-refractivity contribution in [3.63, 3.8) is 0 Å². The predicted molar refractivity (Wildman–Crippen MR) is 75.0 cm³/mol. The molecule has 3 nitrogen and oxygen atoms in total. The molecule has 0 radical (unpaired) electrons. The summed E-state index contributed by atoms with van der Waals surface area (Å²) >= 11 is 5.38. The van der Waals surface area contributed by atoms with Gasteiger partial charge in [-0.1, -0.05) is 18.2 Å². The molecule has 0 atom stereocenters. The summed E-state index contributed by atoms with van der Waals surface area (Å²) in [6.45, 7) is 0. The Morgan fingerprint density at radius 1 is 1.11 bits per heavy atom. The number of methoxy groups -OCH3 is 1. The number of hydrogen-bond acceptors (Lipinski definition) is 2. The molecule has 0 bridgehead atoms. The number of aromatic nitrogens is 2. The topological polar surface area (TPSA) is 29.9 Å². The van der Waals surface area contributed by atoms with Crippen LogP contribution in [0.15, 0.2) is 48.5 Å². The molecule has 0 unspecified atom stereocenters. The molecule has 1 N–H and O–H groups in total. The minimum atomic E-state index is 0.685. The molecule has 0 saturated carbocycles. The number of imidazole rings is 1. The number of ether oxygens (including phenoxy) is 1. The van der Waals surface area contributed by atoms with E-state index in [0.717, 1.165) is 22.5 Å². The van der Waals surface area contributed by atoms with Gasteiger partial charge in [0.25, 0.3) is 0 Å². The van der Waals surface area contributed by atoms with Crippen LogP contribution in [0.25, 0.3) is 16.7 Å². The summed E-state index contributed by atoms with van der Waals surface area (Å²) in [7, 11) is 1.66. The minimum absolute atomic E-state index is 0.685. The summed E-state index contributed by atoms with van der Waals surface area (Å²) in [6.07, 6.45) is 0. The van der Waals surface area contributed by atoms with Crippen LogP contribution in [-0.4, -0.2) is 16.7 Å². The van der Waals surface area contributed by atoms with Crippen molar-refractivity contribution in [1.29, 1.82) is 0 Å². The van der Waals surface area contributed by atoms with Gasteiger partial charge in [0.15, 0.2) is 4.77 Å². The third kappa shape index (κ3) is 1.71. The van der Waals surface area contributed by atoms with Gasteiger partial charge in [-0.25, -0.2) is 0 Å². The van der Waals surface area contributed by atoms with Crippen LogP contribution in [0, 0.1) is 4.77 Å². The third-order valence-corrected chi connectivity index (χ3v) is 3.19. The van der Waals surface area contributed by atoms with Gasteiger partial charge in [-0.3, -0.25) is 4.57 Å². The first kappa shape index (κ1) is 11.0. The van der Waals surface area contributed by atoms with Crippen LogP contribution in [0.4, 0.5) is 0 Å².